The number of pyridine rings is 1. The third-order valence-corrected chi connectivity index (χ3v) is 16.2. The Morgan fingerprint density at radius 1 is 0.475 bits per heavy atom. The summed E-state index contributed by atoms with van der Waals surface area (Å²) >= 11 is 1.86. The first-order chi connectivity index (χ1) is 30.1. The van der Waals surface area contributed by atoms with Gasteiger partial charge in [-0.15, -0.1) is 11.3 Å². The minimum atomic E-state index is 0.0505. The van der Waals surface area contributed by atoms with Gasteiger partial charge in [0.15, 0.2) is 0 Å². The van der Waals surface area contributed by atoms with Crippen LogP contribution in [-0.4, -0.2) is 4.98 Å². The molecule has 61 heavy (non-hydrogen) atoms. The zero-order chi connectivity index (χ0) is 40.2. The predicted octanol–water partition coefficient (Wildman–Crippen LogP) is 15.4. The summed E-state index contributed by atoms with van der Waals surface area (Å²) in [5.74, 6) is 3.11. The van der Waals surface area contributed by atoms with Crippen molar-refractivity contribution >= 4 is 31.5 Å². The van der Waals surface area contributed by atoms with Gasteiger partial charge < -0.3 is 0 Å². The summed E-state index contributed by atoms with van der Waals surface area (Å²) in [6, 6.07) is 64.9. The molecular formula is C58H42N2S. The maximum atomic E-state index is 9.67. The average molecular weight is 799 g/mol. The molecule has 2 nitrogen and oxygen atoms in total. The minimum Gasteiger partial charge on any atom is -0.248 e. The number of hydrogen-bond acceptors (Lipinski definition) is 3. The first-order valence-electron chi connectivity index (χ1n) is 22.0. The van der Waals surface area contributed by atoms with E-state index in [1.165, 1.54) is 96.8 Å². The van der Waals surface area contributed by atoms with Gasteiger partial charge in [0.05, 0.1) is 23.0 Å². The van der Waals surface area contributed by atoms with E-state index in [1.54, 1.807) is 11.1 Å². The molecule has 0 amide bonds. The molecule has 5 aliphatic rings. The molecule has 0 saturated heterocycles. The first kappa shape index (κ1) is 35.2. The van der Waals surface area contributed by atoms with E-state index in [1.807, 2.05) is 23.5 Å². The summed E-state index contributed by atoms with van der Waals surface area (Å²) < 4.78 is 2.63. The van der Waals surface area contributed by atoms with Gasteiger partial charge in [-0.2, -0.15) is 5.26 Å². The predicted molar refractivity (Wildman–Crippen MR) is 252 cm³/mol. The summed E-state index contributed by atoms with van der Waals surface area (Å²) in [6.07, 6.45) is 6.82. The van der Waals surface area contributed by atoms with Crippen molar-refractivity contribution in [3.63, 3.8) is 0 Å². The number of fused-ring (bicyclic) bond motifs is 6. The molecule has 3 heteroatoms. The van der Waals surface area contributed by atoms with Crippen LogP contribution in [0.4, 0.5) is 0 Å². The van der Waals surface area contributed by atoms with E-state index in [0.717, 1.165) is 34.4 Å². The van der Waals surface area contributed by atoms with Gasteiger partial charge in [0.2, 0.25) is 0 Å². The Labute approximate surface area is 360 Å². The topological polar surface area (TPSA) is 36.7 Å². The molecule has 0 aliphatic heterocycles. The normalized spacial score (nSPS) is 21.8. The molecule has 0 radical (unpaired) electrons. The molecule has 2 heterocycles. The fourth-order valence-electron chi connectivity index (χ4n) is 12.9. The summed E-state index contributed by atoms with van der Waals surface area (Å²) in [7, 11) is 0. The van der Waals surface area contributed by atoms with Gasteiger partial charge in [-0.05, 0) is 160 Å². The molecule has 4 fully saturated rings. The van der Waals surface area contributed by atoms with E-state index >= 15 is 0 Å². The van der Waals surface area contributed by atoms with E-state index in [0.29, 0.717) is 17.4 Å². The number of rotatable bonds is 5. The van der Waals surface area contributed by atoms with Gasteiger partial charge in [0.1, 0.15) is 0 Å². The lowest BCUT2D eigenvalue weighted by Gasteiger charge is -2.61. The van der Waals surface area contributed by atoms with Crippen molar-refractivity contribution in [2.45, 2.75) is 37.5 Å². The quantitative estimate of drug-likeness (QED) is 0.174. The van der Waals surface area contributed by atoms with Crippen LogP contribution in [0, 0.1) is 35.0 Å². The molecule has 0 N–H and O–H groups in total. The van der Waals surface area contributed by atoms with Crippen molar-refractivity contribution in [2.24, 2.45) is 23.7 Å². The largest absolute Gasteiger partial charge is 0.248 e. The molecule has 5 aliphatic carbocycles. The molecule has 290 valence electrons. The second kappa shape index (κ2) is 13.5. The third-order valence-electron chi connectivity index (χ3n) is 15.1. The highest BCUT2D eigenvalue weighted by molar-refractivity contribution is 7.25. The van der Waals surface area contributed by atoms with Crippen LogP contribution in [0.2, 0.25) is 0 Å². The lowest BCUT2D eigenvalue weighted by atomic mass is 9.43. The molecule has 7 aromatic carbocycles. The number of benzene rings is 7. The van der Waals surface area contributed by atoms with Crippen LogP contribution >= 0.6 is 11.3 Å². The van der Waals surface area contributed by atoms with E-state index in [-0.39, 0.29) is 5.41 Å². The number of thiophene rings is 1. The van der Waals surface area contributed by atoms with E-state index in [4.69, 9.17) is 4.98 Å². The Morgan fingerprint density at radius 2 is 1.13 bits per heavy atom. The summed E-state index contributed by atoms with van der Waals surface area (Å²) in [5.41, 5.74) is 18.1. The van der Waals surface area contributed by atoms with Gasteiger partial charge in [-0.3, -0.25) is 0 Å². The molecule has 0 atom stereocenters. The van der Waals surface area contributed by atoms with Gasteiger partial charge in [0, 0.05) is 36.7 Å². The Bertz CT molecular complexity index is 3250. The SMILES string of the molecule is N#Cc1ccc(-c2cccc3c2-c2cc(-c4cc(-c5ccccc5)nc(-c5cccc(-c6cccc7sc8ccccc8c67)c5)c4)ccc2C32C3CC4CC(C3)CC2C4)cc1. The smallest absolute Gasteiger partial charge is 0.0991 e. The molecule has 9 aromatic rings. The number of hydrogen-bond donors (Lipinski definition) is 0. The standard InChI is InChI=1S/C58H42N2S/c59-34-35-19-21-38(22-20-35)46-14-7-16-51-56(46)49-31-40(23-24-50(49)58(51)44-26-36-25-37(28-44)29-45(58)27-36)43-32-52(39-9-2-1-3-10-39)60-53(33-43)42-12-6-11-41(30-42)47-15-8-18-55-57(47)48-13-4-5-17-54(48)61-55/h1-24,30-33,36-37,44-45H,25-29H2. The third kappa shape index (κ3) is 5.28. The van der Waals surface area contributed by atoms with Crippen molar-refractivity contribution in [3.05, 3.63) is 187 Å². The van der Waals surface area contributed by atoms with Crippen molar-refractivity contribution in [2.75, 3.05) is 0 Å². The summed E-state index contributed by atoms with van der Waals surface area (Å²) in [4.78, 5) is 5.41. The van der Waals surface area contributed by atoms with Crippen LogP contribution in [0.15, 0.2) is 170 Å². The molecule has 0 unspecified atom stereocenters. The fourth-order valence-corrected chi connectivity index (χ4v) is 14.0. The fraction of sp³-hybridized carbons (Fsp3) is 0.172. The van der Waals surface area contributed by atoms with Crippen molar-refractivity contribution in [1.29, 1.82) is 5.26 Å². The van der Waals surface area contributed by atoms with E-state index < -0.39 is 0 Å². The van der Waals surface area contributed by atoms with Crippen LogP contribution in [0.25, 0.3) is 87.2 Å². The van der Waals surface area contributed by atoms with Crippen LogP contribution < -0.4 is 0 Å². The summed E-state index contributed by atoms with van der Waals surface area (Å²) in [5, 5.41) is 12.3. The van der Waals surface area contributed by atoms with Crippen molar-refractivity contribution < 1.29 is 0 Å². The Kier molecular flexibility index (Phi) is 7.76. The molecule has 1 spiro atoms. The first-order valence-corrected chi connectivity index (χ1v) is 22.8. The number of aromatic nitrogens is 1. The maximum Gasteiger partial charge on any atom is 0.0991 e. The van der Waals surface area contributed by atoms with E-state index in [2.05, 4.69) is 164 Å². The van der Waals surface area contributed by atoms with Crippen LogP contribution in [0.1, 0.15) is 48.8 Å². The molecule has 2 aromatic heterocycles. The Hall–Kier alpha value is -6.60. The molecule has 4 bridgehead atoms. The zero-order valence-corrected chi connectivity index (χ0v) is 34.6. The van der Waals surface area contributed by atoms with Gasteiger partial charge in [0.25, 0.3) is 0 Å². The molecular weight excluding hydrogens is 757 g/mol. The zero-order valence-electron chi connectivity index (χ0n) is 33.8. The van der Waals surface area contributed by atoms with Crippen molar-refractivity contribution in [3.8, 4) is 73.1 Å². The Morgan fingerprint density at radius 3 is 1.93 bits per heavy atom. The van der Waals surface area contributed by atoms with Gasteiger partial charge >= 0.3 is 0 Å². The van der Waals surface area contributed by atoms with Gasteiger partial charge in [-0.1, -0.05) is 121 Å². The van der Waals surface area contributed by atoms with Crippen LogP contribution in [0.5, 0.6) is 0 Å². The highest BCUT2D eigenvalue weighted by Crippen LogP contribution is 2.70. The highest BCUT2D eigenvalue weighted by atomic mass is 32.1. The highest BCUT2D eigenvalue weighted by Gasteiger charge is 2.61. The van der Waals surface area contributed by atoms with Crippen LogP contribution in [-0.2, 0) is 5.41 Å². The molecule has 4 saturated carbocycles. The second-order valence-electron chi connectivity index (χ2n) is 18.2. The van der Waals surface area contributed by atoms with Gasteiger partial charge in [-0.25, -0.2) is 4.98 Å². The van der Waals surface area contributed by atoms with Crippen LogP contribution in [0.3, 0.4) is 0 Å². The monoisotopic (exact) mass is 798 g/mol. The number of nitrogens with zero attached hydrogens (tertiary/aromatic N) is 2. The van der Waals surface area contributed by atoms with E-state index in [9.17, 15) is 5.26 Å². The summed E-state index contributed by atoms with van der Waals surface area (Å²) in [6.45, 7) is 0. The minimum absolute atomic E-state index is 0.0505. The second-order valence-corrected chi connectivity index (χ2v) is 19.3. The molecule has 14 rings (SSSR count). The lowest BCUT2D eigenvalue weighted by Crippen LogP contribution is -2.55. The number of nitriles is 1. The maximum absolute atomic E-state index is 9.67. The van der Waals surface area contributed by atoms with Crippen molar-refractivity contribution in [1.82, 2.24) is 4.98 Å². The average Bonchev–Trinajstić information content (AvgIpc) is 3.85. The lowest BCUT2D eigenvalue weighted by molar-refractivity contribution is -0.0399. The Balaban J connectivity index is 0.998.